The van der Waals surface area contributed by atoms with Crippen LogP contribution >= 0.6 is 23.5 Å². The molecule has 4 atom stereocenters. The molecule has 0 amide bonds. The zero-order valence-corrected chi connectivity index (χ0v) is 15.8. The van der Waals surface area contributed by atoms with Crippen LogP contribution in [0.2, 0.25) is 0 Å². The van der Waals surface area contributed by atoms with E-state index in [4.69, 9.17) is 0 Å². The van der Waals surface area contributed by atoms with Crippen molar-refractivity contribution < 1.29 is 19.2 Å². The predicted octanol–water partition coefficient (Wildman–Crippen LogP) is 1.27. The molecule has 0 aromatic rings. The lowest BCUT2D eigenvalue weighted by Crippen LogP contribution is -2.18. The molecule has 26 heavy (non-hydrogen) atoms. The van der Waals surface area contributed by atoms with Crippen LogP contribution in [0.15, 0.2) is 20.0 Å². The zero-order chi connectivity index (χ0) is 19.0. The molecule has 2 aliphatic rings. The van der Waals surface area contributed by atoms with Crippen molar-refractivity contribution in [1.29, 1.82) is 0 Å². The van der Waals surface area contributed by atoms with Gasteiger partial charge in [-0.1, -0.05) is 0 Å². The topological polar surface area (TPSA) is 118 Å². The highest BCUT2D eigenvalue weighted by molar-refractivity contribution is 7.99. The fourth-order valence-electron chi connectivity index (χ4n) is 2.71. The van der Waals surface area contributed by atoms with Gasteiger partial charge >= 0.3 is 0 Å². The minimum Gasteiger partial charge on any atom is -0.211 e. The molecule has 0 aliphatic carbocycles. The van der Waals surface area contributed by atoms with Crippen molar-refractivity contribution in [1.82, 2.24) is 0 Å². The van der Waals surface area contributed by atoms with Crippen molar-refractivity contribution in [3.63, 3.8) is 0 Å². The number of carbonyl (C=O) groups excluding carboxylic acids is 4. The Morgan fingerprint density at radius 2 is 0.769 bits per heavy atom. The Balaban J connectivity index is 0.000000260. The molecule has 0 aromatic heterocycles. The normalized spacial score (nSPS) is 26.2. The van der Waals surface area contributed by atoms with Crippen LogP contribution in [0.5, 0.6) is 0 Å². The van der Waals surface area contributed by atoms with Crippen molar-refractivity contribution in [3.8, 4) is 0 Å². The van der Waals surface area contributed by atoms with Crippen molar-refractivity contribution in [2.24, 2.45) is 43.6 Å². The molecular weight excluding hydrogens is 376 g/mol. The Bertz CT molecular complexity index is 516. The van der Waals surface area contributed by atoms with E-state index >= 15 is 0 Å². The lowest BCUT2D eigenvalue weighted by atomic mass is 9.96. The monoisotopic (exact) mass is 396 g/mol. The van der Waals surface area contributed by atoms with Crippen LogP contribution in [0.25, 0.3) is 0 Å². The molecule has 0 saturated carbocycles. The Morgan fingerprint density at radius 3 is 0.962 bits per heavy atom. The second-order valence-corrected chi connectivity index (χ2v) is 7.99. The molecule has 0 bridgehead atoms. The third-order valence-corrected chi connectivity index (χ3v) is 6.88. The molecular formula is C16H20N4O4S2. The molecule has 2 heterocycles. The van der Waals surface area contributed by atoms with E-state index in [9.17, 15) is 19.2 Å². The first-order valence-corrected chi connectivity index (χ1v) is 10.4. The van der Waals surface area contributed by atoms with Gasteiger partial charge in [-0.05, 0) is 46.7 Å². The molecule has 4 unspecified atom stereocenters. The van der Waals surface area contributed by atoms with Gasteiger partial charge in [0.05, 0.1) is 26.2 Å². The van der Waals surface area contributed by atoms with E-state index in [2.05, 4.69) is 20.0 Å². The van der Waals surface area contributed by atoms with E-state index in [-0.39, 0.29) is 0 Å². The summed E-state index contributed by atoms with van der Waals surface area (Å²) in [6.07, 6.45) is 6.12. The number of thioether (sulfide) groups is 2. The first kappa shape index (κ1) is 22.3. The van der Waals surface area contributed by atoms with E-state index in [1.54, 1.807) is 0 Å². The predicted molar refractivity (Wildman–Crippen MR) is 101 cm³/mol. The number of hydrogen-bond donors (Lipinski definition) is 0. The van der Waals surface area contributed by atoms with Crippen molar-refractivity contribution in [3.05, 3.63) is 0 Å². The molecule has 10 heteroatoms. The van der Waals surface area contributed by atoms with Crippen LogP contribution in [-0.2, 0) is 19.2 Å². The molecule has 2 fully saturated rings. The number of nitrogens with zero attached hydrogens (tertiary/aromatic N) is 4. The molecule has 2 saturated heterocycles. The maximum absolute atomic E-state index is 9.90. The van der Waals surface area contributed by atoms with Gasteiger partial charge in [0.15, 0.2) is 0 Å². The minimum atomic E-state index is 0.364. The van der Waals surface area contributed by atoms with E-state index in [1.165, 1.54) is 24.3 Å². The Kier molecular flexibility index (Phi) is 12.3. The summed E-state index contributed by atoms with van der Waals surface area (Å²) in [4.78, 5) is 53.8. The van der Waals surface area contributed by atoms with E-state index in [0.717, 1.165) is 23.0 Å². The van der Waals surface area contributed by atoms with Gasteiger partial charge in [-0.15, -0.1) is 0 Å². The van der Waals surface area contributed by atoms with E-state index < -0.39 is 0 Å². The Hall–Kier alpha value is -1.78. The zero-order valence-electron chi connectivity index (χ0n) is 14.2. The Labute approximate surface area is 160 Å². The maximum Gasteiger partial charge on any atom is 0.234 e. The summed E-state index contributed by atoms with van der Waals surface area (Å²) < 4.78 is 0. The molecule has 0 aromatic carbocycles. The van der Waals surface area contributed by atoms with Crippen LogP contribution < -0.4 is 0 Å². The molecule has 2 aliphatic heterocycles. The summed E-state index contributed by atoms with van der Waals surface area (Å²) in [5.41, 5.74) is 0. The summed E-state index contributed by atoms with van der Waals surface area (Å²) in [5.74, 6) is 5.42. The minimum absolute atomic E-state index is 0.364. The number of rotatable bonds is 8. The maximum atomic E-state index is 9.90. The molecule has 8 nitrogen and oxygen atoms in total. The van der Waals surface area contributed by atoms with Crippen molar-refractivity contribution >= 4 is 47.8 Å². The lowest BCUT2D eigenvalue weighted by Gasteiger charge is -2.11. The summed E-state index contributed by atoms with van der Waals surface area (Å²) in [7, 11) is 0. The smallest absolute Gasteiger partial charge is 0.211 e. The average Bonchev–Trinajstić information content (AvgIpc) is 3.30. The van der Waals surface area contributed by atoms with Gasteiger partial charge in [0, 0.05) is 0 Å². The van der Waals surface area contributed by atoms with Crippen molar-refractivity contribution in [2.45, 2.75) is 0 Å². The van der Waals surface area contributed by atoms with Crippen LogP contribution in [0.3, 0.4) is 0 Å². The fourth-order valence-corrected chi connectivity index (χ4v) is 5.70. The van der Waals surface area contributed by atoms with Crippen LogP contribution in [0.4, 0.5) is 0 Å². The summed E-state index contributed by atoms with van der Waals surface area (Å²) in [6, 6.07) is 0. The molecule has 0 N–H and O–H groups in total. The first-order valence-electron chi connectivity index (χ1n) is 8.06. The molecule has 0 spiro atoms. The van der Waals surface area contributed by atoms with E-state index in [0.29, 0.717) is 49.9 Å². The van der Waals surface area contributed by atoms with Gasteiger partial charge in [0.25, 0.3) is 0 Å². The third kappa shape index (κ3) is 8.54. The van der Waals surface area contributed by atoms with Gasteiger partial charge < -0.3 is 0 Å². The number of aliphatic imine (C=N–C) groups is 4. The van der Waals surface area contributed by atoms with Crippen LogP contribution in [0, 0.1) is 23.7 Å². The summed E-state index contributed by atoms with van der Waals surface area (Å²) in [5, 5.41) is 0. The van der Waals surface area contributed by atoms with Crippen molar-refractivity contribution in [2.75, 3.05) is 49.2 Å². The van der Waals surface area contributed by atoms with Gasteiger partial charge in [-0.2, -0.15) is 23.5 Å². The lowest BCUT2D eigenvalue weighted by molar-refractivity contribution is 0.436. The summed E-state index contributed by atoms with van der Waals surface area (Å²) in [6.45, 7) is 2.04. The number of hydrogen-bond acceptors (Lipinski definition) is 10. The Morgan fingerprint density at radius 1 is 0.538 bits per heavy atom. The second kappa shape index (κ2) is 14.4. The largest absolute Gasteiger partial charge is 0.234 e. The van der Waals surface area contributed by atoms with Gasteiger partial charge in [-0.25, -0.2) is 39.1 Å². The standard InChI is InChI=1S/2C8H10N2O2S/c2*11-5-9-1-7-3-13-4-8(7)2-10-6-12/h2*7-8H,1-4H2. The SMILES string of the molecule is O=C=NCC1CSCC1CN=C=O.O=C=NCC1CSCC1CN=C=O. The summed E-state index contributed by atoms with van der Waals surface area (Å²) >= 11 is 3.62. The highest BCUT2D eigenvalue weighted by Gasteiger charge is 2.27. The highest BCUT2D eigenvalue weighted by Crippen LogP contribution is 2.30. The van der Waals surface area contributed by atoms with Crippen LogP contribution in [0.1, 0.15) is 0 Å². The van der Waals surface area contributed by atoms with Gasteiger partial charge in [0.2, 0.25) is 24.3 Å². The van der Waals surface area contributed by atoms with Gasteiger partial charge in [-0.3, -0.25) is 0 Å². The van der Waals surface area contributed by atoms with Gasteiger partial charge in [0.1, 0.15) is 0 Å². The first-order chi connectivity index (χ1) is 12.8. The quantitative estimate of drug-likeness (QED) is 0.450. The fraction of sp³-hybridized carbons (Fsp3) is 0.750. The molecule has 2 rings (SSSR count). The third-order valence-electron chi connectivity index (χ3n) is 4.22. The van der Waals surface area contributed by atoms with Crippen LogP contribution in [-0.4, -0.2) is 73.5 Å². The second-order valence-electron chi connectivity index (χ2n) is 5.84. The molecule has 140 valence electrons. The molecule has 0 radical (unpaired) electrons. The number of isocyanates is 4. The highest BCUT2D eigenvalue weighted by atomic mass is 32.2. The average molecular weight is 396 g/mol. The van der Waals surface area contributed by atoms with E-state index in [1.807, 2.05) is 23.5 Å².